The van der Waals surface area contributed by atoms with Gasteiger partial charge in [-0.1, -0.05) is 60.7 Å². The number of benzene rings is 2. The number of ether oxygens (including phenoxy) is 1. The highest BCUT2D eigenvalue weighted by Crippen LogP contribution is 2.35. The van der Waals surface area contributed by atoms with Gasteiger partial charge in [-0.25, -0.2) is 4.79 Å². The highest BCUT2D eigenvalue weighted by Gasteiger charge is 2.33. The van der Waals surface area contributed by atoms with Gasteiger partial charge in [-0.05, 0) is 18.1 Å². The first-order valence-corrected chi connectivity index (χ1v) is 8.22. The van der Waals surface area contributed by atoms with E-state index in [4.69, 9.17) is 10.5 Å². The van der Waals surface area contributed by atoms with Crippen LogP contribution in [0.4, 0.5) is 0 Å². The second kappa shape index (κ2) is 7.32. The molecule has 3 rings (SSSR count). The van der Waals surface area contributed by atoms with Crippen LogP contribution >= 0.6 is 0 Å². The Morgan fingerprint density at radius 2 is 1.67 bits per heavy atom. The van der Waals surface area contributed by atoms with Crippen molar-refractivity contribution in [3.63, 3.8) is 0 Å². The molecular formula is C20H22N2O2. The standard InChI is InChI=1S/C20H22N2O2/c1-2-24-20(23)18-16(21)13-17(14-9-5-3-6-10-14)22-19(18)15-11-7-4-8-12-15/h3-12,17,19,22H,2,13,21H2,1H3/t17-,19-/m1/s1. The summed E-state index contributed by atoms with van der Waals surface area (Å²) in [5.41, 5.74) is 9.58. The zero-order valence-electron chi connectivity index (χ0n) is 13.7. The average Bonchev–Trinajstić information content (AvgIpc) is 2.62. The van der Waals surface area contributed by atoms with Crippen molar-refractivity contribution in [1.29, 1.82) is 0 Å². The molecule has 0 radical (unpaired) electrons. The molecule has 1 heterocycles. The Hall–Kier alpha value is -2.59. The third kappa shape index (κ3) is 3.34. The molecular weight excluding hydrogens is 300 g/mol. The molecule has 2 atom stereocenters. The molecule has 0 amide bonds. The zero-order chi connectivity index (χ0) is 16.9. The molecule has 0 saturated carbocycles. The summed E-state index contributed by atoms with van der Waals surface area (Å²) in [7, 11) is 0. The number of esters is 1. The zero-order valence-corrected chi connectivity index (χ0v) is 13.7. The summed E-state index contributed by atoms with van der Waals surface area (Å²) < 4.78 is 5.23. The molecule has 24 heavy (non-hydrogen) atoms. The van der Waals surface area contributed by atoms with E-state index in [1.54, 1.807) is 6.92 Å². The Labute approximate surface area is 142 Å². The van der Waals surface area contributed by atoms with Crippen molar-refractivity contribution in [2.45, 2.75) is 25.4 Å². The number of carbonyl (C=O) groups excluding carboxylic acids is 1. The van der Waals surface area contributed by atoms with Crippen molar-refractivity contribution in [3.8, 4) is 0 Å². The van der Waals surface area contributed by atoms with E-state index >= 15 is 0 Å². The minimum absolute atomic E-state index is 0.0644. The molecule has 4 heteroatoms. The van der Waals surface area contributed by atoms with Crippen molar-refractivity contribution in [2.75, 3.05) is 6.61 Å². The first kappa shape index (κ1) is 16.3. The molecule has 0 unspecified atom stereocenters. The van der Waals surface area contributed by atoms with E-state index < -0.39 is 0 Å². The van der Waals surface area contributed by atoms with Gasteiger partial charge in [0.1, 0.15) is 0 Å². The predicted molar refractivity (Wildman–Crippen MR) is 94.0 cm³/mol. The maximum absolute atomic E-state index is 12.4. The lowest BCUT2D eigenvalue weighted by Gasteiger charge is -2.33. The van der Waals surface area contributed by atoms with Crippen LogP contribution in [0.2, 0.25) is 0 Å². The summed E-state index contributed by atoms with van der Waals surface area (Å²) in [4.78, 5) is 12.4. The molecule has 3 N–H and O–H groups in total. The van der Waals surface area contributed by atoms with Crippen LogP contribution in [-0.2, 0) is 9.53 Å². The smallest absolute Gasteiger partial charge is 0.337 e. The van der Waals surface area contributed by atoms with Gasteiger partial charge in [0.15, 0.2) is 0 Å². The molecule has 2 aromatic carbocycles. The van der Waals surface area contributed by atoms with Gasteiger partial charge >= 0.3 is 5.97 Å². The van der Waals surface area contributed by atoms with Crippen LogP contribution in [0.15, 0.2) is 71.9 Å². The molecule has 0 aromatic heterocycles. The number of nitrogens with one attached hydrogen (secondary N) is 1. The summed E-state index contributed by atoms with van der Waals surface area (Å²) in [6.45, 7) is 2.13. The van der Waals surface area contributed by atoms with Gasteiger partial charge in [-0.2, -0.15) is 0 Å². The largest absolute Gasteiger partial charge is 0.463 e. The molecule has 1 aliphatic rings. The first-order chi connectivity index (χ1) is 11.7. The van der Waals surface area contributed by atoms with E-state index in [-0.39, 0.29) is 18.1 Å². The van der Waals surface area contributed by atoms with Crippen LogP contribution in [0.3, 0.4) is 0 Å². The second-order valence-electron chi connectivity index (χ2n) is 5.84. The van der Waals surface area contributed by atoms with Crippen molar-refractivity contribution in [2.24, 2.45) is 5.73 Å². The second-order valence-corrected chi connectivity index (χ2v) is 5.84. The molecule has 4 nitrogen and oxygen atoms in total. The van der Waals surface area contributed by atoms with E-state index in [0.29, 0.717) is 24.3 Å². The minimum atomic E-state index is -0.345. The predicted octanol–water partition coefficient (Wildman–Crippen LogP) is 3.24. The van der Waals surface area contributed by atoms with Crippen molar-refractivity contribution in [1.82, 2.24) is 5.32 Å². The highest BCUT2D eigenvalue weighted by atomic mass is 16.5. The number of nitrogens with two attached hydrogens (primary N) is 1. The molecule has 0 spiro atoms. The lowest BCUT2D eigenvalue weighted by molar-refractivity contribution is -0.139. The normalized spacial score (nSPS) is 20.7. The fourth-order valence-electron chi connectivity index (χ4n) is 3.12. The van der Waals surface area contributed by atoms with Crippen LogP contribution in [-0.4, -0.2) is 12.6 Å². The van der Waals surface area contributed by atoms with Crippen LogP contribution < -0.4 is 11.1 Å². The topological polar surface area (TPSA) is 64.3 Å². The van der Waals surface area contributed by atoms with Crippen LogP contribution in [0.1, 0.15) is 36.6 Å². The van der Waals surface area contributed by atoms with Gasteiger partial charge < -0.3 is 10.5 Å². The Balaban J connectivity index is 2.00. The highest BCUT2D eigenvalue weighted by molar-refractivity contribution is 5.91. The SMILES string of the molecule is CCOC(=O)C1=C(N)C[C@H](c2ccccc2)N[C@@H]1c1ccccc1. The Kier molecular flexibility index (Phi) is 4.96. The monoisotopic (exact) mass is 322 g/mol. The summed E-state index contributed by atoms with van der Waals surface area (Å²) in [6, 6.07) is 19.8. The third-order valence-corrected chi connectivity index (χ3v) is 4.26. The van der Waals surface area contributed by atoms with E-state index in [1.807, 2.05) is 48.5 Å². The number of hydrogen-bond acceptors (Lipinski definition) is 4. The fourth-order valence-corrected chi connectivity index (χ4v) is 3.12. The Bertz CT molecular complexity index is 726. The first-order valence-electron chi connectivity index (χ1n) is 8.22. The summed E-state index contributed by atoms with van der Waals surface area (Å²) in [5.74, 6) is -0.345. The molecule has 0 saturated heterocycles. The maximum Gasteiger partial charge on any atom is 0.337 e. The summed E-state index contributed by atoms with van der Waals surface area (Å²) in [5, 5.41) is 3.57. The van der Waals surface area contributed by atoms with Crippen molar-refractivity contribution < 1.29 is 9.53 Å². The molecule has 0 bridgehead atoms. The molecule has 2 aromatic rings. The van der Waals surface area contributed by atoms with E-state index in [2.05, 4.69) is 17.4 Å². The van der Waals surface area contributed by atoms with Crippen molar-refractivity contribution in [3.05, 3.63) is 83.1 Å². The lowest BCUT2D eigenvalue weighted by atomic mass is 9.87. The van der Waals surface area contributed by atoms with Crippen molar-refractivity contribution >= 4 is 5.97 Å². The molecule has 124 valence electrons. The quantitative estimate of drug-likeness (QED) is 0.848. The molecule has 0 fully saturated rings. The number of rotatable bonds is 4. The van der Waals surface area contributed by atoms with Gasteiger partial charge in [0, 0.05) is 18.2 Å². The average molecular weight is 322 g/mol. The van der Waals surface area contributed by atoms with Crippen LogP contribution in [0.5, 0.6) is 0 Å². The fraction of sp³-hybridized carbons (Fsp3) is 0.250. The Morgan fingerprint density at radius 1 is 1.08 bits per heavy atom. The maximum atomic E-state index is 12.4. The number of carbonyl (C=O) groups is 1. The number of hydrogen-bond donors (Lipinski definition) is 2. The minimum Gasteiger partial charge on any atom is -0.463 e. The van der Waals surface area contributed by atoms with E-state index in [0.717, 1.165) is 11.1 Å². The van der Waals surface area contributed by atoms with Crippen LogP contribution in [0.25, 0.3) is 0 Å². The van der Waals surface area contributed by atoms with Gasteiger partial charge in [0.2, 0.25) is 0 Å². The molecule has 0 aliphatic carbocycles. The van der Waals surface area contributed by atoms with E-state index in [9.17, 15) is 4.79 Å². The van der Waals surface area contributed by atoms with Gasteiger partial charge in [-0.15, -0.1) is 0 Å². The van der Waals surface area contributed by atoms with E-state index in [1.165, 1.54) is 0 Å². The molecule has 1 aliphatic heterocycles. The van der Waals surface area contributed by atoms with Gasteiger partial charge in [0.25, 0.3) is 0 Å². The summed E-state index contributed by atoms with van der Waals surface area (Å²) >= 11 is 0. The van der Waals surface area contributed by atoms with Crippen LogP contribution in [0, 0.1) is 0 Å². The lowest BCUT2D eigenvalue weighted by Crippen LogP contribution is -2.38. The third-order valence-electron chi connectivity index (χ3n) is 4.26. The van der Waals surface area contributed by atoms with Gasteiger partial charge in [-0.3, -0.25) is 5.32 Å². The Morgan fingerprint density at radius 3 is 2.25 bits per heavy atom. The summed E-state index contributed by atoms with van der Waals surface area (Å²) in [6.07, 6.45) is 0.585. The van der Waals surface area contributed by atoms with Gasteiger partial charge in [0.05, 0.1) is 18.2 Å².